The predicted octanol–water partition coefficient (Wildman–Crippen LogP) is 3.24. The number of ether oxygens (including phenoxy) is 1. The van der Waals surface area contributed by atoms with Crippen molar-refractivity contribution in [3.63, 3.8) is 0 Å². The fraction of sp³-hybridized carbons (Fsp3) is 0.444. The number of amides is 1. The van der Waals surface area contributed by atoms with Gasteiger partial charge in [-0.1, -0.05) is 24.3 Å². The van der Waals surface area contributed by atoms with Crippen molar-refractivity contribution in [2.45, 2.75) is 45.9 Å². The van der Waals surface area contributed by atoms with Gasteiger partial charge in [0.2, 0.25) is 0 Å². The van der Waals surface area contributed by atoms with Gasteiger partial charge in [-0.05, 0) is 39.3 Å². The summed E-state index contributed by atoms with van der Waals surface area (Å²) in [5, 5.41) is 7.30. The van der Waals surface area contributed by atoms with Crippen LogP contribution in [0.4, 0.5) is 4.79 Å². The molecule has 2 rings (SSSR count). The Balaban J connectivity index is 1.84. The summed E-state index contributed by atoms with van der Waals surface area (Å²) in [5.41, 5.74) is 1.68. The van der Waals surface area contributed by atoms with E-state index in [1.54, 1.807) is 6.20 Å². The molecule has 23 heavy (non-hydrogen) atoms. The van der Waals surface area contributed by atoms with Gasteiger partial charge in [0.25, 0.3) is 0 Å². The SMILES string of the molecule is CC(CNC(=O)OC(C)(C)C)NCc1cccc2cccnc12. The highest BCUT2D eigenvalue weighted by Crippen LogP contribution is 2.15. The van der Waals surface area contributed by atoms with Crippen LogP contribution < -0.4 is 10.6 Å². The maximum absolute atomic E-state index is 11.6. The van der Waals surface area contributed by atoms with Crippen LogP contribution in [0.25, 0.3) is 10.9 Å². The number of aromatic nitrogens is 1. The number of para-hydroxylation sites is 1. The lowest BCUT2D eigenvalue weighted by Gasteiger charge is -2.21. The third-order valence-corrected chi connectivity index (χ3v) is 3.31. The van der Waals surface area contributed by atoms with E-state index in [9.17, 15) is 4.79 Å². The average Bonchev–Trinajstić information content (AvgIpc) is 2.49. The molecule has 1 atom stereocenters. The summed E-state index contributed by atoms with van der Waals surface area (Å²) in [6.07, 6.45) is 1.41. The molecule has 124 valence electrons. The Morgan fingerprint density at radius 2 is 2.00 bits per heavy atom. The number of pyridine rings is 1. The van der Waals surface area contributed by atoms with Gasteiger partial charge >= 0.3 is 6.09 Å². The predicted molar refractivity (Wildman–Crippen MR) is 92.3 cm³/mol. The Labute approximate surface area is 137 Å². The van der Waals surface area contributed by atoms with Crippen LogP contribution >= 0.6 is 0 Å². The van der Waals surface area contributed by atoms with Gasteiger partial charge in [0.1, 0.15) is 5.60 Å². The zero-order valence-corrected chi connectivity index (χ0v) is 14.2. The number of hydrogen-bond donors (Lipinski definition) is 2. The normalized spacial score (nSPS) is 12.9. The summed E-state index contributed by atoms with van der Waals surface area (Å²) in [6, 6.07) is 10.3. The van der Waals surface area contributed by atoms with Crippen LogP contribution in [0.1, 0.15) is 33.3 Å². The van der Waals surface area contributed by atoms with Gasteiger partial charge in [-0.15, -0.1) is 0 Å². The van der Waals surface area contributed by atoms with Gasteiger partial charge < -0.3 is 15.4 Å². The van der Waals surface area contributed by atoms with Crippen LogP contribution in [0.5, 0.6) is 0 Å². The van der Waals surface area contributed by atoms with Crippen molar-refractivity contribution in [2.24, 2.45) is 0 Å². The summed E-state index contributed by atoms with van der Waals surface area (Å²) < 4.78 is 5.22. The van der Waals surface area contributed by atoms with Crippen LogP contribution in [0.15, 0.2) is 36.5 Å². The molecule has 1 unspecified atom stereocenters. The van der Waals surface area contributed by atoms with Crippen molar-refractivity contribution in [1.82, 2.24) is 15.6 Å². The maximum atomic E-state index is 11.6. The fourth-order valence-electron chi connectivity index (χ4n) is 2.22. The summed E-state index contributed by atoms with van der Waals surface area (Å²) in [6.45, 7) is 8.78. The zero-order chi connectivity index (χ0) is 16.9. The second-order valence-electron chi connectivity index (χ2n) is 6.66. The van der Waals surface area contributed by atoms with Gasteiger partial charge in [0.05, 0.1) is 5.52 Å². The van der Waals surface area contributed by atoms with E-state index in [1.807, 2.05) is 39.8 Å². The Morgan fingerprint density at radius 3 is 2.74 bits per heavy atom. The standard InChI is InChI=1S/C18H25N3O2/c1-13(11-21-17(22)23-18(2,3)4)20-12-15-8-5-7-14-9-6-10-19-16(14)15/h5-10,13,20H,11-12H2,1-4H3,(H,21,22). The zero-order valence-electron chi connectivity index (χ0n) is 14.2. The van der Waals surface area contributed by atoms with E-state index in [2.05, 4.69) is 33.8 Å². The minimum Gasteiger partial charge on any atom is -0.444 e. The van der Waals surface area contributed by atoms with Crippen LogP contribution in [0, 0.1) is 0 Å². The van der Waals surface area contributed by atoms with Crippen molar-refractivity contribution in [2.75, 3.05) is 6.54 Å². The molecule has 0 spiro atoms. The molecule has 1 aromatic carbocycles. The summed E-state index contributed by atoms with van der Waals surface area (Å²) in [7, 11) is 0. The molecule has 5 heteroatoms. The van der Waals surface area contributed by atoms with E-state index in [1.165, 1.54) is 0 Å². The molecule has 0 aliphatic rings. The second kappa shape index (κ2) is 7.42. The Morgan fingerprint density at radius 1 is 1.26 bits per heavy atom. The van der Waals surface area contributed by atoms with E-state index in [0.29, 0.717) is 13.1 Å². The summed E-state index contributed by atoms with van der Waals surface area (Å²) in [4.78, 5) is 16.1. The van der Waals surface area contributed by atoms with E-state index in [-0.39, 0.29) is 6.04 Å². The number of hydrogen-bond acceptors (Lipinski definition) is 4. The largest absolute Gasteiger partial charge is 0.444 e. The van der Waals surface area contributed by atoms with Crippen LogP contribution in [-0.2, 0) is 11.3 Å². The number of carbonyl (C=O) groups is 1. The monoisotopic (exact) mass is 315 g/mol. The molecular formula is C18H25N3O2. The van der Waals surface area contributed by atoms with Gasteiger partial charge in [-0.3, -0.25) is 4.98 Å². The van der Waals surface area contributed by atoms with E-state index < -0.39 is 11.7 Å². The van der Waals surface area contributed by atoms with Crippen LogP contribution in [0.2, 0.25) is 0 Å². The van der Waals surface area contributed by atoms with Gasteiger partial charge in [-0.25, -0.2) is 4.79 Å². The quantitative estimate of drug-likeness (QED) is 0.889. The highest BCUT2D eigenvalue weighted by atomic mass is 16.6. The summed E-state index contributed by atoms with van der Waals surface area (Å²) in [5.74, 6) is 0. The highest BCUT2D eigenvalue weighted by Gasteiger charge is 2.16. The van der Waals surface area contributed by atoms with E-state index in [0.717, 1.165) is 16.5 Å². The molecule has 0 aliphatic heterocycles. The molecule has 2 aromatic rings. The molecular weight excluding hydrogens is 290 g/mol. The van der Waals surface area contributed by atoms with Crippen molar-refractivity contribution in [3.8, 4) is 0 Å². The molecule has 5 nitrogen and oxygen atoms in total. The molecule has 1 aromatic heterocycles. The molecule has 0 bridgehead atoms. The van der Waals surface area contributed by atoms with Crippen molar-refractivity contribution >= 4 is 17.0 Å². The molecule has 0 fully saturated rings. The van der Waals surface area contributed by atoms with Crippen molar-refractivity contribution in [1.29, 1.82) is 0 Å². The fourth-order valence-corrected chi connectivity index (χ4v) is 2.22. The number of nitrogens with zero attached hydrogens (tertiary/aromatic N) is 1. The first-order chi connectivity index (χ1) is 10.8. The average molecular weight is 315 g/mol. The third kappa shape index (κ3) is 5.53. The first-order valence-corrected chi connectivity index (χ1v) is 7.88. The Kier molecular flexibility index (Phi) is 5.55. The molecule has 0 radical (unpaired) electrons. The molecule has 0 aliphatic carbocycles. The highest BCUT2D eigenvalue weighted by molar-refractivity contribution is 5.81. The third-order valence-electron chi connectivity index (χ3n) is 3.31. The first kappa shape index (κ1) is 17.2. The van der Waals surface area contributed by atoms with Gasteiger partial charge in [-0.2, -0.15) is 0 Å². The minimum absolute atomic E-state index is 0.126. The molecule has 0 saturated heterocycles. The van der Waals surface area contributed by atoms with Gasteiger partial charge in [0.15, 0.2) is 0 Å². The van der Waals surface area contributed by atoms with Crippen LogP contribution in [0.3, 0.4) is 0 Å². The Hall–Kier alpha value is -2.14. The minimum atomic E-state index is -0.477. The lowest BCUT2D eigenvalue weighted by Crippen LogP contribution is -2.41. The van der Waals surface area contributed by atoms with Gasteiger partial charge in [0, 0.05) is 30.7 Å². The number of benzene rings is 1. The Bertz CT molecular complexity index is 659. The lowest BCUT2D eigenvalue weighted by atomic mass is 10.1. The van der Waals surface area contributed by atoms with E-state index >= 15 is 0 Å². The number of fused-ring (bicyclic) bond motifs is 1. The number of nitrogens with one attached hydrogen (secondary N) is 2. The first-order valence-electron chi connectivity index (χ1n) is 7.88. The van der Waals surface area contributed by atoms with Crippen LogP contribution in [-0.4, -0.2) is 29.3 Å². The number of alkyl carbamates (subject to hydrolysis) is 1. The van der Waals surface area contributed by atoms with Crippen molar-refractivity contribution in [3.05, 3.63) is 42.1 Å². The molecule has 2 N–H and O–H groups in total. The second-order valence-corrected chi connectivity index (χ2v) is 6.66. The van der Waals surface area contributed by atoms with E-state index in [4.69, 9.17) is 4.74 Å². The molecule has 0 saturated carbocycles. The summed E-state index contributed by atoms with van der Waals surface area (Å²) >= 11 is 0. The molecule has 1 amide bonds. The topological polar surface area (TPSA) is 63.2 Å². The van der Waals surface area contributed by atoms with Crippen molar-refractivity contribution < 1.29 is 9.53 Å². The number of rotatable bonds is 5. The maximum Gasteiger partial charge on any atom is 0.407 e. The smallest absolute Gasteiger partial charge is 0.407 e. The lowest BCUT2D eigenvalue weighted by molar-refractivity contribution is 0.0523. The molecule has 1 heterocycles. The number of carbonyl (C=O) groups excluding carboxylic acids is 1.